The molecule has 1 unspecified atom stereocenters. The van der Waals surface area contributed by atoms with Gasteiger partial charge in [0.1, 0.15) is 17.2 Å². The van der Waals surface area contributed by atoms with Gasteiger partial charge in [-0.05, 0) is 86.3 Å². The summed E-state index contributed by atoms with van der Waals surface area (Å²) in [6, 6.07) is 22.3. The summed E-state index contributed by atoms with van der Waals surface area (Å²) in [6.45, 7) is 4.65. The molecule has 0 N–H and O–H groups in total. The van der Waals surface area contributed by atoms with Crippen molar-refractivity contribution in [2.45, 2.75) is 39.4 Å². The summed E-state index contributed by atoms with van der Waals surface area (Å²) in [6.07, 6.45) is 2.32. The molecule has 0 radical (unpaired) electrons. The fourth-order valence-electron chi connectivity index (χ4n) is 3.57. The van der Waals surface area contributed by atoms with E-state index in [4.69, 9.17) is 18.9 Å². The molecule has 1 saturated heterocycles. The second kappa shape index (κ2) is 11.5. The normalized spacial score (nSPS) is 15.6. The maximum absolute atomic E-state index is 12.0. The van der Waals surface area contributed by atoms with Crippen LogP contribution in [0.25, 0.3) is 0 Å². The Kier molecular flexibility index (Phi) is 8.23. The SMILES string of the molecule is Cc1cc([I+]c2ccccc2)cc(C)c1Oc1ccc(OCC(=O)OC2CCCCO2)cc1. The molecule has 1 aliphatic heterocycles. The molecule has 3 aromatic rings. The summed E-state index contributed by atoms with van der Waals surface area (Å²) >= 11 is -0.217. The summed E-state index contributed by atoms with van der Waals surface area (Å²) in [5.41, 5.74) is 2.24. The van der Waals surface area contributed by atoms with Gasteiger partial charge in [0.05, 0.1) is 6.61 Å². The maximum Gasteiger partial charge on any atom is 0.357 e. The average Bonchev–Trinajstić information content (AvgIpc) is 2.82. The van der Waals surface area contributed by atoms with Crippen molar-refractivity contribution in [3.8, 4) is 17.2 Å². The Hall–Kier alpha value is -2.58. The van der Waals surface area contributed by atoms with E-state index in [0.29, 0.717) is 12.4 Å². The van der Waals surface area contributed by atoms with Crippen molar-refractivity contribution >= 4 is 5.97 Å². The number of carbonyl (C=O) groups excluding carboxylic acids is 1. The Balaban J connectivity index is 1.32. The average molecular weight is 559 g/mol. The monoisotopic (exact) mass is 559 g/mol. The van der Waals surface area contributed by atoms with Crippen molar-refractivity contribution in [1.29, 1.82) is 0 Å². The van der Waals surface area contributed by atoms with Crippen LogP contribution in [0.1, 0.15) is 30.4 Å². The molecule has 0 aliphatic carbocycles. The minimum Gasteiger partial charge on any atom is -0.482 e. The molecular weight excluding hydrogens is 531 g/mol. The highest BCUT2D eigenvalue weighted by Gasteiger charge is 2.20. The first kappa shape index (κ1) is 23.6. The van der Waals surface area contributed by atoms with Gasteiger partial charge in [0, 0.05) is 6.42 Å². The Morgan fingerprint density at radius 2 is 1.64 bits per heavy atom. The lowest BCUT2D eigenvalue weighted by molar-refractivity contribution is -0.597. The van der Waals surface area contributed by atoms with Gasteiger partial charge >= 0.3 is 27.2 Å². The number of carbonyl (C=O) groups is 1. The molecule has 4 rings (SSSR count). The maximum atomic E-state index is 12.0. The predicted molar refractivity (Wildman–Crippen MR) is 121 cm³/mol. The number of rotatable bonds is 8. The molecule has 172 valence electrons. The molecular formula is C27H28IO5+. The van der Waals surface area contributed by atoms with Gasteiger partial charge < -0.3 is 18.9 Å². The van der Waals surface area contributed by atoms with Crippen molar-refractivity contribution < 1.29 is 44.9 Å². The van der Waals surface area contributed by atoms with E-state index in [-0.39, 0.29) is 27.8 Å². The number of hydrogen-bond donors (Lipinski definition) is 0. The van der Waals surface area contributed by atoms with E-state index < -0.39 is 12.3 Å². The van der Waals surface area contributed by atoms with E-state index in [1.165, 1.54) is 7.14 Å². The third-order valence-corrected chi connectivity index (χ3v) is 7.77. The number of halogens is 1. The Morgan fingerprint density at radius 3 is 2.30 bits per heavy atom. The molecule has 6 heteroatoms. The van der Waals surface area contributed by atoms with E-state index in [1.54, 1.807) is 12.1 Å². The number of benzene rings is 3. The minimum absolute atomic E-state index is 0.149. The Bertz CT molecular complexity index is 1040. The van der Waals surface area contributed by atoms with Crippen LogP contribution in [-0.4, -0.2) is 25.5 Å². The third kappa shape index (κ3) is 6.95. The number of ether oxygens (including phenoxy) is 4. The van der Waals surface area contributed by atoms with Crippen LogP contribution in [0.3, 0.4) is 0 Å². The van der Waals surface area contributed by atoms with Crippen molar-refractivity contribution in [2.75, 3.05) is 13.2 Å². The number of hydrogen-bond acceptors (Lipinski definition) is 5. The van der Waals surface area contributed by atoms with Crippen LogP contribution in [0.5, 0.6) is 17.2 Å². The Labute approximate surface area is 205 Å². The van der Waals surface area contributed by atoms with Gasteiger partial charge in [0.2, 0.25) is 6.29 Å². The largest absolute Gasteiger partial charge is 0.482 e. The van der Waals surface area contributed by atoms with Crippen LogP contribution in [0.4, 0.5) is 0 Å². The third-order valence-electron chi connectivity index (χ3n) is 5.18. The highest BCUT2D eigenvalue weighted by molar-refractivity contribution is 5.71. The molecule has 1 heterocycles. The van der Waals surface area contributed by atoms with Gasteiger partial charge in [-0.1, -0.05) is 18.2 Å². The molecule has 0 bridgehead atoms. The number of esters is 1. The van der Waals surface area contributed by atoms with Crippen molar-refractivity contribution in [3.05, 3.63) is 85.0 Å². The summed E-state index contributed by atoms with van der Waals surface area (Å²) < 4.78 is 25.2. The zero-order chi connectivity index (χ0) is 23.0. The lowest BCUT2D eigenvalue weighted by atomic mass is 10.1. The highest BCUT2D eigenvalue weighted by Crippen LogP contribution is 2.29. The first-order chi connectivity index (χ1) is 16.1. The van der Waals surface area contributed by atoms with Gasteiger partial charge in [0.25, 0.3) is 0 Å². The van der Waals surface area contributed by atoms with Gasteiger partial charge in [-0.25, -0.2) is 4.79 Å². The zero-order valence-electron chi connectivity index (χ0n) is 18.9. The van der Waals surface area contributed by atoms with E-state index in [9.17, 15) is 4.79 Å². The first-order valence-electron chi connectivity index (χ1n) is 11.1. The second-order valence-electron chi connectivity index (χ2n) is 7.91. The molecule has 5 nitrogen and oxygen atoms in total. The number of aryl methyl sites for hydroxylation is 2. The molecule has 0 amide bonds. The predicted octanol–water partition coefficient (Wildman–Crippen LogP) is 2.67. The zero-order valence-corrected chi connectivity index (χ0v) is 21.0. The van der Waals surface area contributed by atoms with Crippen LogP contribution < -0.4 is 30.7 Å². The van der Waals surface area contributed by atoms with Crippen molar-refractivity contribution in [1.82, 2.24) is 0 Å². The molecule has 0 spiro atoms. The standard InChI is InChI=1S/C27H28IO5/c1-19-16-22(28-21-8-4-3-5-9-21)17-20(2)27(19)32-24-13-11-23(12-14-24)31-18-25(29)33-26-10-6-7-15-30-26/h3-5,8-9,11-14,16-17,26H,6-7,10,15,18H2,1-2H3/q+1. The van der Waals surface area contributed by atoms with Gasteiger partial charge in [-0.3, -0.25) is 0 Å². The van der Waals surface area contributed by atoms with E-state index in [0.717, 1.165) is 41.9 Å². The first-order valence-corrected chi connectivity index (χ1v) is 13.3. The molecule has 1 fully saturated rings. The second-order valence-corrected chi connectivity index (χ2v) is 10.9. The van der Waals surface area contributed by atoms with Gasteiger partial charge in [0.15, 0.2) is 13.7 Å². The molecule has 3 aromatic carbocycles. The topological polar surface area (TPSA) is 54.0 Å². The van der Waals surface area contributed by atoms with Crippen molar-refractivity contribution in [2.24, 2.45) is 0 Å². The van der Waals surface area contributed by atoms with Crippen LogP contribution in [0, 0.1) is 21.0 Å². The molecule has 0 aromatic heterocycles. The fourth-order valence-corrected chi connectivity index (χ4v) is 6.30. The highest BCUT2D eigenvalue weighted by atomic mass is 127. The van der Waals surface area contributed by atoms with E-state index in [1.807, 2.05) is 12.1 Å². The lowest BCUT2D eigenvalue weighted by Gasteiger charge is -2.22. The summed E-state index contributed by atoms with van der Waals surface area (Å²) in [4.78, 5) is 12.0. The summed E-state index contributed by atoms with van der Waals surface area (Å²) in [7, 11) is 0. The molecule has 33 heavy (non-hydrogen) atoms. The summed E-state index contributed by atoms with van der Waals surface area (Å²) in [5.74, 6) is 1.75. The van der Waals surface area contributed by atoms with Crippen LogP contribution in [-0.2, 0) is 14.3 Å². The van der Waals surface area contributed by atoms with E-state index >= 15 is 0 Å². The fraction of sp³-hybridized carbons (Fsp3) is 0.296. The molecule has 1 atom stereocenters. The van der Waals surface area contributed by atoms with Crippen LogP contribution in [0.2, 0.25) is 0 Å². The molecule has 0 saturated carbocycles. The van der Waals surface area contributed by atoms with Gasteiger partial charge in [-0.2, -0.15) is 0 Å². The minimum atomic E-state index is -0.446. The van der Waals surface area contributed by atoms with Crippen molar-refractivity contribution in [3.63, 3.8) is 0 Å². The Morgan fingerprint density at radius 1 is 0.939 bits per heavy atom. The van der Waals surface area contributed by atoms with Crippen LogP contribution in [0.15, 0.2) is 66.7 Å². The smallest absolute Gasteiger partial charge is 0.357 e. The van der Waals surface area contributed by atoms with E-state index in [2.05, 4.69) is 56.3 Å². The quantitative estimate of drug-likeness (QED) is 0.314. The molecule has 1 aliphatic rings. The lowest BCUT2D eigenvalue weighted by Crippen LogP contribution is -3.61. The van der Waals surface area contributed by atoms with Crippen LogP contribution >= 0.6 is 0 Å². The summed E-state index contributed by atoms with van der Waals surface area (Å²) in [5, 5.41) is 0. The van der Waals surface area contributed by atoms with Gasteiger partial charge in [-0.15, -0.1) is 0 Å².